The third-order valence-corrected chi connectivity index (χ3v) is 4.12. The van der Waals surface area contributed by atoms with E-state index < -0.39 is 0 Å². The number of nitrogens with one attached hydrogen (secondary N) is 1. The average molecular weight is 336 g/mol. The van der Waals surface area contributed by atoms with Crippen molar-refractivity contribution in [3.63, 3.8) is 0 Å². The Balaban J connectivity index is 1.72. The van der Waals surface area contributed by atoms with E-state index >= 15 is 0 Å². The van der Waals surface area contributed by atoms with E-state index in [1.54, 1.807) is 12.3 Å². The zero-order chi connectivity index (χ0) is 17.8. The van der Waals surface area contributed by atoms with Gasteiger partial charge < -0.3 is 10.1 Å². The molecule has 4 heteroatoms. The Morgan fingerprint density at radius 1 is 1.40 bits per heavy atom. The van der Waals surface area contributed by atoms with Gasteiger partial charge in [-0.1, -0.05) is 32.1 Å². The number of nitrogens with zero attached hydrogens (tertiary/aromatic N) is 1. The van der Waals surface area contributed by atoms with Gasteiger partial charge in [0, 0.05) is 18.2 Å². The molecule has 0 radical (unpaired) electrons. The number of fused-ring (bicyclic) bond motifs is 1. The van der Waals surface area contributed by atoms with Crippen LogP contribution < -0.4 is 10.1 Å². The average Bonchev–Trinajstić information content (AvgIpc) is 3.00. The van der Waals surface area contributed by atoms with Crippen molar-refractivity contribution in [3.05, 3.63) is 59.8 Å². The first-order valence-electron chi connectivity index (χ1n) is 8.70. The van der Waals surface area contributed by atoms with Crippen LogP contribution in [0.25, 0.3) is 11.3 Å². The van der Waals surface area contributed by atoms with Crippen LogP contribution in [-0.2, 0) is 11.2 Å². The van der Waals surface area contributed by atoms with Gasteiger partial charge in [-0.15, -0.1) is 0 Å². The van der Waals surface area contributed by atoms with Crippen molar-refractivity contribution in [2.24, 2.45) is 5.92 Å². The Morgan fingerprint density at radius 3 is 2.96 bits per heavy atom. The molecule has 0 bridgehead atoms. The Bertz CT molecular complexity index is 782. The van der Waals surface area contributed by atoms with Crippen molar-refractivity contribution in [2.75, 3.05) is 6.54 Å². The van der Waals surface area contributed by atoms with Crippen LogP contribution in [0, 0.1) is 12.8 Å². The standard InChI is InChI=1S/C21H24N2O2/c1-14(2)7-8-20(24)23-13-17-12-16-10-15(3)11-18(21(16)25-17)19-6-4-5-9-22-19/h4-11,14,17H,12-13H2,1-3H3,(H,23,24)/b8-7+/t17-/m0/s1. The van der Waals surface area contributed by atoms with Gasteiger partial charge in [0.1, 0.15) is 11.9 Å². The Labute approximate surface area is 148 Å². The summed E-state index contributed by atoms with van der Waals surface area (Å²) in [5, 5.41) is 2.92. The second-order valence-electron chi connectivity index (χ2n) is 6.81. The molecule has 4 nitrogen and oxygen atoms in total. The van der Waals surface area contributed by atoms with Gasteiger partial charge in [-0.25, -0.2) is 0 Å². The molecule has 1 aromatic heterocycles. The fourth-order valence-electron chi connectivity index (χ4n) is 2.97. The number of aromatic nitrogens is 1. The number of carbonyl (C=O) groups is 1. The molecular formula is C21H24N2O2. The minimum Gasteiger partial charge on any atom is -0.487 e. The number of aryl methyl sites for hydroxylation is 1. The molecule has 0 aliphatic carbocycles. The minimum absolute atomic E-state index is 0.0457. The SMILES string of the molecule is Cc1cc2c(c(-c3ccccn3)c1)O[C@H](CNC(=O)/C=C/C(C)C)C2. The summed E-state index contributed by atoms with van der Waals surface area (Å²) in [7, 11) is 0. The summed E-state index contributed by atoms with van der Waals surface area (Å²) in [5.74, 6) is 1.18. The molecule has 1 aromatic carbocycles. The molecule has 130 valence electrons. The molecule has 0 unspecified atom stereocenters. The number of rotatable bonds is 5. The van der Waals surface area contributed by atoms with E-state index in [1.165, 1.54) is 11.1 Å². The van der Waals surface area contributed by atoms with Gasteiger partial charge in [0.05, 0.1) is 12.2 Å². The molecule has 2 heterocycles. The lowest BCUT2D eigenvalue weighted by Crippen LogP contribution is -2.33. The highest BCUT2D eigenvalue weighted by Gasteiger charge is 2.26. The predicted octanol–water partition coefficient (Wildman–Crippen LogP) is 3.69. The van der Waals surface area contributed by atoms with Crippen molar-refractivity contribution in [1.29, 1.82) is 0 Å². The number of allylic oxidation sites excluding steroid dienone is 1. The molecule has 2 aromatic rings. The summed E-state index contributed by atoms with van der Waals surface area (Å²) < 4.78 is 6.14. The van der Waals surface area contributed by atoms with Crippen molar-refractivity contribution in [2.45, 2.75) is 33.3 Å². The number of carbonyl (C=O) groups excluding carboxylic acids is 1. The lowest BCUT2D eigenvalue weighted by atomic mass is 10.0. The van der Waals surface area contributed by atoms with E-state index in [1.807, 2.05) is 38.1 Å². The van der Waals surface area contributed by atoms with Crippen LogP contribution >= 0.6 is 0 Å². The van der Waals surface area contributed by atoms with E-state index in [9.17, 15) is 4.79 Å². The summed E-state index contributed by atoms with van der Waals surface area (Å²) >= 11 is 0. The Hall–Kier alpha value is -2.62. The fraction of sp³-hybridized carbons (Fsp3) is 0.333. The summed E-state index contributed by atoms with van der Waals surface area (Å²) in [6.07, 6.45) is 6.02. The largest absolute Gasteiger partial charge is 0.487 e. The first kappa shape index (κ1) is 17.2. The summed E-state index contributed by atoms with van der Waals surface area (Å²) in [6.45, 7) is 6.67. The monoisotopic (exact) mass is 336 g/mol. The van der Waals surface area contributed by atoms with Crippen LogP contribution in [0.5, 0.6) is 5.75 Å². The van der Waals surface area contributed by atoms with Gasteiger partial charge in [0.25, 0.3) is 0 Å². The molecule has 25 heavy (non-hydrogen) atoms. The van der Waals surface area contributed by atoms with Crippen molar-refractivity contribution in [3.8, 4) is 17.0 Å². The zero-order valence-electron chi connectivity index (χ0n) is 15.0. The summed E-state index contributed by atoms with van der Waals surface area (Å²) in [5.41, 5.74) is 4.29. The molecular weight excluding hydrogens is 312 g/mol. The first-order valence-corrected chi connectivity index (χ1v) is 8.70. The lowest BCUT2D eigenvalue weighted by Gasteiger charge is -2.13. The first-order chi connectivity index (χ1) is 12.0. The Morgan fingerprint density at radius 2 is 2.24 bits per heavy atom. The maximum atomic E-state index is 11.9. The van der Waals surface area contributed by atoms with Crippen LogP contribution in [0.4, 0.5) is 0 Å². The lowest BCUT2D eigenvalue weighted by molar-refractivity contribution is -0.116. The molecule has 1 N–H and O–H groups in total. The molecule has 0 spiro atoms. The third-order valence-electron chi connectivity index (χ3n) is 4.12. The van der Waals surface area contributed by atoms with Crippen LogP contribution in [0.1, 0.15) is 25.0 Å². The van der Waals surface area contributed by atoms with Crippen molar-refractivity contribution >= 4 is 5.91 Å². The van der Waals surface area contributed by atoms with Crippen LogP contribution in [0.2, 0.25) is 0 Å². The van der Waals surface area contributed by atoms with Crippen LogP contribution in [0.15, 0.2) is 48.7 Å². The van der Waals surface area contributed by atoms with Crippen LogP contribution in [0.3, 0.4) is 0 Å². The zero-order valence-corrected chi connectivity index (χ0v) is 15.0. The smallest absolute Gasteiger partial charge is 0.243 e. The van der Waals surface area contributed by atoms with E-state index in [-0.39, 0.29) is 12.0 Å². The van der Waals surface area contributed by atoms with E-state index in [4.69, 9.17) is 4.74 Å². The summed E-state index contributed by atoms with van der Waals surface area (Å²) in [4.78, 5) is 16.3. The molecule has 1 aliphatic heterocycles. The predicted molar refractivity (Wildman–Crippen MR) is 99.5 cm³/mol. The van der Waals surface area contributed by atoms with Gasteiger partial charge in [-0.2, -0.15) is 0 Å². The van der Waals surface area contributed by atoms with Gasteiger partial charge in [-0.05, 0) is 48.2 Å². The van der Waals surface area contributed by atoms with E-state index in [0.717, 1.165) is 23.4 Å². The number of amides is 1. The van der Waals surface area contributed by atoms with Crippen molar-refractivity contribution < 1.29 is 9.53 Å². The minimum atomic E-state index is -0.0746. The number of hydrogen-bond donors (Lipinski definition) is 1. The number of benzene rings is 1. The maximum Gasteiger partial charge on any atom is 0.243 e. The molecule has 0 saturated carbocycles. The quantitative estimate of drug-likeness (QED) is 0.847. The van der Waals surface area contributed by atoms with Crippen LogP contribution in [-0.4, -0.2) is 23.5 Å². The second kappa shape index (κ2) is 7.51. The number of pyridine rings is 1. The molecule has 1 amide bonds. The van der Waals surface area contributed by atoms with Gasteiger partial charge in [-0.3, -0.25) is 9.78 Å². The van der Waals surface area contributed by atoms with Gasteiger partial charge in [0.15, 0.2) is 0 Å². The molecule has 1 aliphatic rings. The fourth-order valence-corrected chi connectivity index (χ4v) is 2.97. The van der Waals surface area contributed by atoms with E-state index in [2.05, 4.69) is 29.4 Å². The topological polar surface area (TPSA) is 51.2 Å². The molecule has 0 fully saturated rings. The molecule has 1 atom stereocenters. The Kier molecular flexibility index (Phi) is 5.17. The van der Waals surface area contributed by atoms with Gasteiger partial charge in [0.2, 0.25) is 5.91 Å². The molecule has 0 saturated heterocycles. The second-order valence-corrected chi connectivity index (χ2v) is 6.81. The summed E-state index contributed by atoms with van der Waals surface area (Å²) in [6, 6.07) is 10.1. The van der Waals surface area contributed by atoms with Crippen molar-refractivity contribution in [1.82, 2.24) is 10.3 Å². The van der Waals surface area contributed by atoms with Gasteiger partial charge >= 0.3 is 0 Å². The number of hydrogen-bond acceptors (Lipinski definition) is 3. The molecule has 3 rings (SSSR count). The highest BCUT2D eigenvalue weighted by atomic mass is 16.5. The highest BCUT2D eigenvalue weighted by Crippen LogP contribution is 2.38. The third kappa shape index (κ3) is 4.27. The normalized spacial score (nSPS) is 16.1. The maximum absolute atomic E-state index is 11.9. The highest BCUT2D eigenvalue weighted by molar-refractivity contribution is 5.87. The van der Waals surface area contributed by atoms with E-state index in [0.29, 0.717) is 12.5 Å². The number of ether oxygens (including phenoxy) is 1.